The summed E-state index contributed by atoms with van der Waals surface area (Å²) in [6.45, 7) is 2.00. The van der Waals surface area contributed by atoms with Crippen molar-refractivity contribution in [2.75, 3.05) is 11.1 Å². The number of rotatable bonds is 5. The topological polar surface area (TPSA) is 65.8 Å². The maximum absolute atomic E-state index is 12.2. The second-order valence-corrected chi connectivity index (χ2v) is 8.07. The van der Waals surface area contributed by atoms with Crippen LogP contribution in [0, 0.1) is 18.3 Å². The van der Waals surface area contributed by atoms with Crippen LogP contribution in [0.25, 0.3) is 0 Å². The molecule has 0 atom stereocenters. The number of fused-ring (bicyclic) bond motifs is 1. The molecular formula is C22H25N3OS. The molecule has 27 heavy (non-hydrogen) atoms. The van der Waals surface area contributed by atoms with Crippen molar-refractivity contribution < 1.29 is 4.79 Å². The number of hydrogen-bond donors (Lipinski definition) is 1. The zero-order chi connectivity index (χ0) is 19.1. The number of anilines is 1. The zero-order valence-corrected chi connectivity index (χ0v) is 16.6. The number of thioether (sulfide) groups is 1. The van der Waals surface area contributed by atoms with Crippen LogP contribution < -0.4 is 5.32 Å². The highest BCUT2D eigenvalue weighted by molar-refractivity contribution is 7.99. The van der Waals surface area contributed by atoms with Gasteiger partial charge in [0.05, 0.1) is 5.56 Å². The zero-order valence-electron chi connectivity index (χ0n) is 15.8. The normalized spacial score (nSPS) is 13.8. The number of carbonyl (C=O) groups is 1. The molecule has 1 amide bonds. The average molecular weight is 380 g/mol. The minimum absolute atomic E-state index is 0.0159. The molecule has 0 saturated heterocycles. The van der Waals surface area contributed by atoms with Crippen molar-refractivity contribution in [1.29, 1.82) is 5.26 Å². The molecule has 0 spiro atoms. The quantitative estimate of drug-likeness (QED) is 0.739. The molecule has 1 aromatic carbocycles. The Morgan fingerprint density at radius 3 is 2.81 bits per heavy atom. The van der Waals surface area contributed by atoms with Gasteiger partial charge in [0, 0.05) is 23.6 Å². The van der Waals surface area contributed by atoms with Crippen LogP contribution in [0.1, 0.15) is 54.5 Å². The lowest BCUT2D eigenvalue weighted by Crippen LogP contribution is -2.12. The van der Waals surface area contributed by atoms with Gasteiger partial charge in [-0.3, -0.25) is 4.79 Å². The second-order valence-electron chi connectivity index (χ2n) is 6.99. The number of carbonyl (C=O) groups excluding carboxylic acids is 1. The van der Waals surface area contributed by atoms with Crippen molar-refractivity contribution in [3.63, 3.8) is 0 Å². The number of nitrogens with one attached hydrogen (secondary N) is 1. The van der Waals surface area contributed by atoms with Crippen LogP contribution in [-0.4, -0.2) is 16.6 Å². The molecule has 0 bridgehead atoms. The molecule has 4 nitrogen and oxygen atoms in total. The third-order valence-corrected chi connectivity index (χ3v) is 5.75. The van der Waals surface area contributed by atoms with Crippen LogP contribution in [0.5, 0.6) is 0 Å². The van der Waals surface area contributed by atoms with E-state index >= 15 is 0 Å². The molecule has 1 aliphatic rings. The Bertz CT molecular complexity index is 857. The van der Waals surface area contributed by atoms with Crippen LogP contribution in [0.3, 0.4) is 0 Å². The number of pyridine rings is 1. The fourth-order valence-corrected chi connectivity index (χ4v) is 4.26. The van der Waals surface area contributed by atoms with E-state index in [1.165, 1.54) is 36.6 Å². The standard InChI is InChI=1S/C22H25N3OS/c1-16-7-6-9-19(13-16)24-21(26)11-12-27-22-18(15-23)14-17-8-4-2-3-5-10-20(17)25-22/h6-7,9,13-14H,2-5,8,10-12H2,1H3,(H,24,26). The molecular weight excluding hydrogens is 354 g/mol. The Morgan fingerprint density at radius 1 is 1.22 bits per heavy atom. The molecule has 0 fully saturated rings. The summed E-state index contributed by atoms with van der Waals surface area (Å²) >= 11 is 1.50. The van der Waals surface area contributed by atoms with Crippen molar-refractivity contribution in [2.45, 2.75) is 56.9 Å². The number of amides is 1. The lowest BCUT2D eigenvalue weighted by Gasteiger charge is -2.15. The minimum Gasteiger partial charge on any atom is -0.326 e. The first-order valence-corrected chi connectivity index (χ1v) is 10.6. The van der Waals surface area contributed by atoms with E-state index in [4.69, 9.17) is 4.98 Å². The van der Waals surface area contributed by atoms with Crippen LogP contribution in [0.2, 0.25) is 0 Å². The molecule has 3 rings (SSSR count). The largest absolute Gasteiger partial charge is 0.326 e. The monoisotopic (exact) mass is 379 g/mol. The molecule has 1 N–H and O–H groups in total. The molecule has 2 aromatic rings. The lowest BCUT2D eigenvalue weighted by atomic mass is 9.96. The molecule has 0 aliphatic heterocycles. The summed E-state index contributed by atoms with van der Waals surface area (Å²) in [6.07, 6.45) is 7.24. The summed E-state index contributed by atoms with van der Waals surface area (Å²) in [5, 5.41) is 13.2. The van der Waals surface area contributed by atoms with E-state index in [-0.39, 0.29) is 5.91 Å². The van der Waals surface area contributed by atoms with Gasteiger partial charge in [0.25, 0.3) is 0 Å². The first-order valence-electron chi connectivity index (χ1n) is 9.58. The van der Waals surface area contributed by atoms with Crippen LogP contribution in [0.4, 0.5) is 5.69 Å². The second kappa shape index (κ2) is 9.57. The van der Waals surface area contributed by atoms with Gasteiger partial charge in [-0.25, -0.2) is 4.98 Å². The minimum atomic E-state index is -0.0159. The van der Waals surface area contributed by atoms with Gasteiger partial charge in [-0.05, 0) is 61.9 Å². The highest BCUT2D eigenvalue weighted by atomic mass is 32.2. The first kappa shape index (κ1) is 19.4. The number of aryl methyl sites for hydroxylation is 3. The number of aromatic nitrogens is 1. The molecule has 0 saturated carbocycles. The maximum atomic E-state index is 12.2. The van der Waals surface area contributed by atoms with E-state index in [0.717, 1.165) is 41.2 Å². The molecule has 0 unspecified atom stereocenters. The fraction of sp³-hybridized carbons (Fsp3) is 0.409. The van der Waals surface area contributed by atoms with E-state index in [1.807, 2.05) is 37.3 Å². The Balaban J connectivity index is 1.60. The van der Waals surface area contributed by atoms with Crippen LogP contribution in [-0.2, 0) is 17.6 Å². The smallest absolute Gasteiger partial charge is 0.225 e. The van der Waals surface area contributed by atoms with Crippen molar-refractivity contribution in [2.24, 2.45) is 0 Å². The molecule has 140 valence electrons. The number of benzene rings is 1. The van der Waals surface area contributed by atoms with E-state index in [0.29, 0.717) is 17.7 Å². The molecule has 0 radical (unpaired) electrons. The van der Waals surface area contributed by atoms with E-state index in [9.17, 15) is 10.1 Å². The predicted molar refractivity (Wildman–Crippen MR) is 110 cm³/mol. The Kier molecular flexibility index (Phi) is 6.89. The van der Waals surface area contributed by atoms with Crippen molar-refractivity contribution in [3.8, 4) is 6.07 Å². The maximum Gasteiger partial charge on any atom is 0.225 e. The SMILES string of the molecule is Cc1cccc(NC(=O)CCSc2nc3c(cc2C#N)CCCCCC3)c1. The van der Waals surface area contributed by atoms with Gasteiger partial charge in [0.15, 0.2) is 0 Å². The Morgan fingerprint density at radius 2 is 2.04 bits per heavy atom. The summed E-state index contributed by atoms with van der Waals surface area (Å²) in [4.78, 5) is 17.0. The fourth-order valence-electron chi connectivity index (χ4n) is 3.35. The van der Waals surface area contributed by atoms with Gasteiger partial charge in [0.1, 0.15) is 11.1 Å². The molecule has 5 heteroatoms. The highest BCUT2D eigenvalue weighted by Crippen LogP contribution is 2.27. The summed E-state index contributed by atoms with van der Waals surface area (Å²) in [7, 11) is 0. The van der Waals surface area contributed by atoms with E-state index < -0.39 is 0 Å². The van der Waals surface area contributed by atoms with Crippen molar-refractivity contribution >= 4 is 23.4 Å². The molecule has 1 aliphatic carbocycles. The van der Waals surface area contributed by atoms with E-state index in [2.05, 4.69) is 11.4 Å². The van der Waals surface area contributed by atoms with Gasteiger partial charge in [-0.1, -0.05) is 25.0 Å². The Labute approximate surface area is 165 Å². The highest BCUT2D eigenvalue weighted by Gasteiger charge is 2.14. The molecule has 1 aromatic heterocycles. The van der Waals surface area contributed by atoms with Crippen LogP contribution in [0.15, 0.2) is 35.4 Å². The number of nitriles is 1. The van der Waals surface area contributed by atoms with Crippen LogP contribution >= 0.6 is 11.8 Å². The van der Waals surface area contributed by atoms with Crippen molar-refractivity contribution in [1.82, 2.24) is 4.98 Å². The van der Waals surface area contributed by atoms with E-state index in [1.54, 1.807) is 0 Å². The first-order chi connectivity index (χ1) is 13.2. The Hall–Kier alpha value is -2.32. The van der Waals surface area contributed by atoms with Gasteiger partial charge in [-0.2, -0.15) is 5.26 Å². The van der Waals surface area contributed by atoms with Crippen molar-refractivity contribution in [3.05, 3.63) is 52.7 Å². The summed E-state index contributed by atoms with van der Waals surface area (Å²) in [6, 6.07) is 12.1. The van der Waals surface area contributed by atoms with Gasteiger partial charge >= 0.3 is 0 Å². The third-order valence-electron chi connectivity index (χ3n) is 4.76. The average Bonchev–Trinajstić information content (AvgIpc) is 2.62. The van der Waals surface area contributed by atoms with Gasteiger partial charge in [0.2, 0.25) is 5.91 Å². The summed E-state index contributed by atoms with van der Waals surface area (Å²) < 4.78 is 0. The predicted octanol–water partition coefficient (Wildman–Crippen LogP) is 5.04. The summed E-state index contributed by atoms with van der Waals surface area (Å²) in [5.41, 5.74) is 4.94. The lowest BCUT2D eigenvalue weighted by molar-refractivity contribution is -0.115. The number of nitrogens with zero attached hydrogens (tertiary/aromatic N) is 2. The van der Waals surface area contributed by atoms with Gasteiger partial charge < -0.3 is 5.32 Å². The number of hydrogen-bond acceptors (Lipinski definition) is 4. The molecule has 1 heterocycles. The summed E-state index contributed by atoms with van der Waals surface area (Å²) in [5.74, 6) is 0.593. The third kappa shape index (κ3) is 5.58. The van der Waals surface area contributed by atoms with Gasteiger partial charge in [-0.15, -0.1) is 11.8 Å².